The number of primary amides is 1. The van der Waals surface area contributed by atoms with E-state index in [2.05, 4.69) is 0 Å². The largest absolute Gasteiger partial charge is 0.507 e. The number of phenols is 1. The lowest BCUT2D eigenvalue weighted by Crippen LogP contribution is -2.11. The lowest BCUT2D eigenvalue weighted by atomic mass is 10.0. The standard InChI is InChI=1S/C12H11NO2S/c1-7-8(10-3-2-6-16-10)4-5-9(11(7)14)12(13)15/h2-6,14H,1H3,(H2,13,15). The van der Waals surface area contributed by atoms with Crippen LogP contribution in [0.15, 0.2) is 29.6 Å². The second kappa shape index (κ2) is 3.98. The van der Waals surface area contributed by atoms with Crippen LogP contribution in [0.2, 0.25) is 0 Å². The maximum atomic E-state index is 11.0. The van der Waals surface area contributed by atoms with Gasteiger partial charge in [-0.05, 0) is 30.0 Å². The van der Waals surface area contributed by atoms with E-state index in [4.69, 9.17) is 5.73 Å². The van der Waals surface area contributed by atoms with Crippen LogP contribution in [0.3, 0.4) is 0 Å². The molecule has 0 spiro atoms. The lowest BCUT2D eigenvalue weighted by molar-refractivity contribution is 0.0997. The zero-order valence-corrected chi connectivity index (χ0v) is 9.54. The van der Waals surface area contributed by atoms with Crippen molar-refractivity contribution < 1.29 is 9.90 Å². The van der Waals surface area contributed by atoms with Crippen molar-refractivity contribution in [1.29, 1.82) is 0 Å². The minimum Gasteiger partial charge on any atom is -0.507 e. The molecule has 82 valence electrons. The maximum absolute atomic E-state index is 11.0. The number of hydrogen-bond donors (Lipinski definition) is 2. The van der Waals surface area contributed by atoms with Crippen LogP contribution in [0.25, 0.3) is 10.4 Å². The van der Waals surface area contributed by atoms with Gasteiger partial charge in [-0.1, -0.05) is 12.1 Å². The normalized spacial score (nSPS) is 10.3. The third-order valence-electron chi connectivity index (χ3n) is 2.48. The van der Waals surface area contributed by atoms with E-state index in [1.54, 1.807) is 30.4 Å². The summed E-state index contributed by atoms with van der Waals surface area (Å²) < 4.78 is 0. The van der Waals surface area contributed by atoms with Gasteiger partial charge < -0.3 is 10.8 Å². The first-order valence-corrected chi connectivity index (χ1v) is 5.65. The average molecular weight is 233 g/mol. The zero-order chi connectivity index (χ0) is 11.7. The van der Waals surface area contributed by atoms with E-state index in [1.807, 2.05) is 17.5 Å². The molecule has 0 saturated carbocycles. The Labute approximate surface area is 97.2 Å². The Morgan fingerprint density at radius 1 is 1.38 bits per heavy atom. The molecule has 0 bridgehead atoms. The maximum Gasteiger partial charge on any atom is 0.252 e. The molecule has 16 heavy (non-hydrogen) atoms. The van der Waals surface area contributed by atoms with E-state index >= 15 is 0 Å². The number of hydrogen-bond acceptors (Lipinski definition) is 3. The van der Waals surface area contributed by atoms with Crippen molar-refractivity contribution in [2.24, 2.45) is 5.73 Å². The third kappa shape index (κ3) is 1.67. The van der Waals surface area contributed by atoms with Crippen molar-refractivity contribution >= 4 is 17.2 Å². The molecule has 3 N–H and O–H groups in total. The molecule has 0 fully saturated rings. The molecule has 0 aliphatic rings. The van der Waals surface area contributed by atoms with Gasteiger partial charge in [-0.3, -0.25) is 4.79 Å². The number of thiophene rings is 1. The molecule has 0 radical (unpaired) electrons. The van der Waals surface area contributed by atoms with E-state index in [9.17, 15) is 9.90 Å². The second-order valence-corrected chi connectivity index (χ2v) is 4.42. The summed E-state index contributed by atoms with van der Waals surface area (Å²) >= 11 is 1.59. The molecule has 1 aromatic heterocycles. The summed E-state index contributed by atoms with van der Waals surface area (Å²) in [7, 11) is 0. The molecular weight excluding hydrogens is 222 g/mol. The van der Waals surface area contributed by atoms with Crippen LogP contribution in [0.4, 0.5) is 0 Å². The number of carbonyl (C=O) groups excluding carboxylic acids is 1. The van der Waals surface area contributed by atoms with Gasteiger partial charge in [0, 0.05) is 10.4 Å². The van der Waals surface area contributed by atoms with Crippen LogP contribution >= 0.6 is 11.3 Å². The predicted octanol–water partition coefficient (Wildman–Crippen LogP) is 2.53. The first-order chi connectivity index (χ1) is 7.61. The zero-order valence-electron chi connectivity index (χ0n) is 8.73. The predicted molar refractivity (Wildman–Crippen MR) is 64.7 cm³/mol. The Kier molecular flexibility index (Phi) is 2.66. The fourth-order valence-electron chi connectivity index (χ4n) is 1.60. The minimum atomic E-state index is -0.613. The highest BCUT2D eigenvalue weighted by Crippen LogP contribution is 2.34. The van der Waals surface area contributed by atoms with Crippen LogP contribution in [-0.2, 0) is 0 Å². The van der Waals surface area contributed by atoms with Crippen LogP contribution in [0.1, 0.15) is 15.9 Å². The summed E-state index contributed by atoms with van der Waals surface area (Å²) in [6, 6.07) is 7.27. The smallest absolute Gasteiger partial charge is 0.252 e. The van der Waals surface area contributed by atoms with E-state index in [0.29, 0.717) is 5.56 Å². The molecule has 0 aliphatic heterocycles. The molecule has 4 heteroatoms. The van der Waals surface area contributed by atoms with Crippen molar-refractivity contribution in [3.8, 4) is 16.2 Å². The third-order valence-corrected chi connectivity index (χ3v) is 3.39. The quantitative estimate of drug-likeness (QED) is 0.837. The summed E-state index contributed by atoms with van der Waals surface area (Å²) in [5.41, 5.74) is 6.93. The fraction of sp³-hybridized carbons (Fsp3) is 0.0833. The molecule has 1 amide bonds. The number of carbonyl (C=O) groups is 1. The molecule has 0 unspecified atom stereocenters. The topological polar surface area (TPSA) is 63.3 Å². The lowest BCUT2D eigenvalue weighted by Gasteiger charge is -2.08. The van der Waals surface area contributed by atoms with Gasteiger partial charge in [0.1, 0.15) is 5.75 Å². The summed E-state index contributed by atoms with van der Waals surface area (Å²) in [6.07, 6.45) is 0. The van der Waals surface area contributed by atoms with Crippen LogP contribution in [-0.4, -0.2) is 11.0 Å². The van der Waals surface area contributed by atoms with Gasteiger partial charge >= 0.3 is 0 Å². The Morgan fingerprint density at radius 3 is 2.69 bits per heavy atom. The summed E-state index contributed by atoms with van der Waals surface area (Å²) in [4.78, 5) is 12.1. The molecule has 0 aliphatic carbocycles. The molecule has 0 atom stereocenters. The van der Waals surface area contributed by atoms with Crippen LogP contribution in [0, 0.1) is 6.92 Å². The van der Waals surface area contributed by atoms with Gasteiger partial charge in [0.2, 0.25) is 0 Å². The second-order valence-electron chi connectivity index (χ2n) is 3.48. The van der Waals surface area contributed by atoms with E-state index in [1.165, 1.54) is 0 Å². The first kappa shape index (κ1) is 10.7. The summed E-state index contributed by atoms with van der Waals surface area (Å²) in [5.74, 6) is -0.642. The fourth-order valence-corrected chi connectivity index (χ4v) is 2.41. The van der Waals surface area contributed by atoms with Crippen molar-refractivity contribution in [1.82, 2.24) is 0 Å². The molecular formula is C12H11NO2S. The molecule has 2 rings (SSSR count). The van der Waals surface area contributed by atoms with Crippen molar-refractivity contribution in [3.63, 3.8) is 0 Å². The van der Waals surface area contributed by atoms with Gasteiger partial charge in [-0.25, -0.2) is 0 Å². The Morgan fingerprint density at radius 2 is 2.12 bits per heavy atom. The summed E-state index contributed by atoms with van der Waals surface area (Å²) in [6.45, 7) is 1.77. The van der Waals surface area contributed by atoms with Gasteiger partial charge in [-0.2, -0.15) is 0 Å². The van der Waals surface area contributed by atoms with Gasteiger partial charge in [-0.15, -0.1) is 11.3 Å². The highest BCUT2D eigenvalue weighted by atomic mass is 32.1. The van der Waals surface area contributed by atoms with E-state index < -0.39 is 5.91 Å². The van der Waals surface area contributed by atoms with Gasteiger partial charge in [0.15, 0.2) is 0 Å². The highest BCUT2D eigenvalue weighted by Gasteiger charge is 2.13. The van der Waals surface area contributed by atoms with E-state index in [-0.39, 0.29) is 11.3 Å². The Balaban J connectivity index is 2.60. The molecule has 0 saturated heterocycles. The van der Waals surface area contributed by atoms with Gasteiger partial charge in [0.05, 0.1) is 5.56 Å². The van der Waals surface area contributed by atoms with Crippen molar-refractivity contribution in [2.75, 3.05) is 0 Å². The molecule has 2 aromatic rings. The summed E-state index contributed by atoms with van der Waals surface area (Å²) in [5, 5.41) is 11.8. The molecule has 3 nitrogen and oxygen atoms in total. The van der Waals surface area contributed by atoms with Gasteiger partial charge in [0.25, 0.3) is 5.91 Å². The molecule has 1 heterocycles. The Bertz CT molecular complexity index is 532. The Hall–Kier alpha value is -1.81. The van der Waals surface area contributed by atoms with Crippen molar-refractivity contribution in [2.45, 2.75) is 6.92 Å². The number of benzene rings is 1. The first-order valence-electron chi connectivity index (χ1n) is 4.77. The number of amides is 1. The van der Waals surface area contributed by atoms with Crippen LogP contribution in [0.5, 0.6) is 5.75 Å². The minimum absolute atomic E-state index is 0.0293. The number of aromatic hydroxyl groups is 1. The molecule has 1 aromatic carbocycles. The van der Waals surface area contributed by atoms with Crippen LogP contribution < -0.4 is 5.73 Å². The SMILES string of the molecule is Cc1c(-c2cccs2)ccc(C(N)=O)c1O. The number of nitrogens with two attached hydrogens (primary N) is 1. The monoisotopic (exact) mass is 233 g/mol. The number of rotatable bonds is 2. The highest BCUT2D eigenvalue weighted by molar-refractivity contribution is 7.13. The van der Waals surface area contributed by atoms with E-state index in [0.717, 1.165) is 10.4 Å². The average Bonchev–Trinajstić information content (AvgIpc) is 2.74. The van der Waals surface area contributed by atoms with Crippen molar-refractivity contribution in [3.05, 3.63) is 40.8 Å².